The Labute approximate surface area is 109 Å². The van der Waals surface area contributed by atoms with Gasteiger partial charge >= 0.3 is 0 Å². The number of nitrogens with zero attached hydrogens (tertiary/aromatic N) is 2. The third kappa shape index (κ3) is 1.96. The van der Waals surface area contributed by atoms with Crippen LogP contribution in [0.25, 0.3) is 0 Å². The van der Waals surface area contributed by atoms with Crippen LogP contribution < -0.4 is 5.32 Å². The van der Waals surface area contributed by atoms with Gasteiger partial charge in [-0.3, -0.25) is 0 Å². The zero-order valence-electron chi connectivity index (χ0n) is 9.88. The first-order valence-electron chi connectivity index (χ1n) is 5.80. The number of hydrogen-bond acceptors (Lipinski definition) is 5. The van der Waals surface area contributed by atoms with Crippen LogP contribution in [-0.4, -0.2) is 43.6 Å². The summed E-state index contributed by atoms with van der Waals surface area (Å²) in [5, 5.41) is 12.0. The molecule has 1 aromatic rings. The van der Waals surface area contributed by atoms with E-state index >= 15 is 0 Å². The Morgan fingerprint density at radius 1 is 1.53 bits per heavy atom. The summed E-state index contributed by atoms with van der Waals surface area (Å²) >= 11 is 0. The number of halogens is 1. The van der Waals surface area contributed by atoms with Gasteiger partial charge in [-0.25, -0.2) is 4.39 Å². The maximum Gasteiger partial charge on any atom is 0.287 e. The van der Waals surface area contributed by atoms with E-state index in [0.29, 0.717) is 12.2 Å². The zero-order chi connectivity index (χ0) is 13.6. The number of benzene rings is 1. The average molecular weight is 285 g/mol. The molecule has 2 aliphatic heterocycles. The highest BCUT2D eigenvalue weighted by atomic mass is 32.2. The topological polar surface area (TPSA) is 82.0 Å². The Kier molecular flexibility index (Phi) is 2.72. The van der Waals surface area contributed by atoms with Crippen molar-refractivity contribution < 1.29 is 17.9 Å². The number of hydrogen-bond donors (Lipinski definition) is 2. The smallest absolute Gasteiger partial charge is 0.287 e. The average Bonchev–Trinajstić information content (AvgIpc) is 2.29. The number of nitrogens with one attached hydrogen (secondary N) is 1. The molecule has 3 rings (SSSR count). The predicted molar refractivity (Wildman–Crippen MR) is 66.8 cm³/mol. The van der Waals surface area contributed by atoms with Crippen LogP contribution >= 0.6 is 0 Å². The summed E-state index contributed by atoms with van der Waals surface area (Å²) in [6, 6.07) is 3.37. The number of aliphatic hydroxyl groups excluding tert-OH is 1. The van der Waals surface area contributed by atoms with Gasteiger partial charge < -0.3 is 15.3 Å². The highest BCUT2D eigenvalue weighted by molar-refractivity contribution is 7.90. The highest BCUT2D eigenvalue weighted by Gasteiger charge is 2.35. The van der Waals surface area contributed by atoms with Gasteiger partial charge in [0.1, 0.15) is 10.7 Å². The Hall–Kier alpha value is -1.67. The van der Waals surface area contributed by atoms with E-state index in [9.17, 15) is 12.8 Å². The van der Waals surface area contributed by atoms with Crippen LogP contribution in [-0.2, 0) is 10.0 Å². The Bertz CT molecular complexity index is 657. The number of rotatable bonds is 1. The molecule has 0 spiro atoms. The fraction of sp³-hybridized carbons (Fsp3) is 0.364. The summed E-state index contributed by atoms with van der Waals surface area (Å²) in [6.45, 7) is 0.570. The van der Waals surface area contributed by atoms with E-state index < -0.39 is 15.8 Å². The predicted octanol–water partition coefficient (Wildman–Crippen LogP) is 0.362. The first-order valence-corrected chi connectivity index (χ1v) is 7.24. The molecule has 0 amide bonds. The summed E-state index contributed by atoms with van der Waals surface area (Å²) in [5.41, 5.74) is 0.301. The minimum absolute atomic E-state index is 0.0585. The fourth-order valence-corrected chi connectivity index (χ4v) is 3.29. The van der Waals surface area contributed by atoms with E-state index in [2.05, 4.69) is 9.71 Å². The molecule has 6 nitrogen and oxygen atoms in total. The Morgan fingerprint density at radius 2 is 2.32 bits per heavy atom. The SMILES string of the molecule is O=S1(=O)N=C(N2CC[C@@H]2CO)Nc2ccc(F)cc21. The number of guanidine groups is 1. The molecule has 0 bridgehead atoms. The molecule has 8 heteroatoms. The normalized spacial score (nSPS) is 24.0. The molecule has 2 heterocycles. The van der Waals surface area contributed by atoms with Crippen molar-refractivity contribution in [3.8, 4) is 0 Å². The molecule has 1 atom stereocenters. The zero-order valence-corrected chi connectivity index (χ0v) is 10.7. The van der Waals surface area contributed by atoms with E-state index in [0.717, 1.165) is 12.5 Å². The second-order valence-corrected chi connectivity index (χ2v) is 6.05. The Morgan fingerprint density at radius 3 is 2.95 bits per heavy atom. The van der Waals surface area contributed by atoms with Gasteiger partial charge in [-0.05, 0) is 24.6 Å². The van der Waals surface area contributed by atoms with Gasteiger partial charge in [0.15, 0.2) is 0 Å². The lowest BCUT2D eigenvalue weighted by Gasteiger charge is -2.42. The van der Waals surface area contributed by atoms with Crippen molar-refractivity contribution in [1.82, 2.24) is 4.90 Å². The maximum atomic E-state index is 13.1. The highest BCUT2D eigenvalue weighted by Crippen LogP contribution is 2.30. The van der Waals surface area contributed by atoms with Crippen LogP contribution in [0.15, 0.2) is 27.5 Å². The van der Waals surface area contributed by atoms with E-state index in [-0.39, 0.29) is 23.5 Å². The molecule has 102 valence electrons. The second-order valence-electron chi connectivity index (χ2n) is 4.47. The number of fused-ring (bicyclic) bond motifs is 1. The number of likely N-dealkylation sites (tertiary alicyclic amines) is 1. The molecule has 1 saturated heterocycles. The van der Waals surface area contributed by atoms with Gasteiger partial charge in [0.2, 0.25) is 5.96 Å². The molecule has 1 fully saturated rings. The van der Waals surface area contributed by atoms with Crippen molar-refractivity contribution in [3.63, 3.8) is 0 Å². The molecule has 2 N–H and O–H groups in total. The largest absolute Gasteiger partial charge is 0.394 e. The van der Waals surface area contributed by atoms with Gasteiger partial charge in [-0.15, -0.1) is 4.40 Å². The lowest BCUT2D eigenvalue weighted by atomic mass is 10.1. The van der Waals surface area contributed by atoms with Crippen molar-refractivity contribution in [2.24, 2.45) is 4.40 Å². The second kappa shape index (κ2) is 4.17. The molecule has 0 aromatic heterocycles. The van der Waals surface area contributed by atoms with Crippen LogP contribution in [0.1, 0.15) is 6.42 Å². The monoisotopic (exact) mass is 285 g/mol. The summed E-state index contributed by atoms with van der Waals surface area (Å²) in [7, 11) is -3.90. The van der Waals surface area contributed by atoms with Crippen molar-refractivity contribution in [3.05, 3.63) is 24.0 Å². The van der Waals surface area contributed by atoms with Gasteiger partial charge in [-0.2, -0.15) is 8.42 Å². The van der Waals surface area contributed by atoms with Crippen LogP contribution in [0.5, 0.6) is 0 Å². The van der Waals surface area contributed by atoms with Crippen molar-refractivity contribution >= 4 is 21.7 Å². The number of sulfonamides is 1. The summed E-state index contributed by atoms with van der Waals surface area (Å²) in [4.78, 5) is 1.52. The molecular weight excluding hydrogens is 273 g/mol. The molecule has 1 aromatic carbocycles. The minimum atomic E-state index is -3.90. The van der Waals surface area contributed by atoms with Crippen LogP contribution in [0.2, 0.25) is 0 Å². The first-order chi connectivity index (χ1) is 9.01. The lowest BCUT2D eigenvalue weighted by Crippen LogP contribution is -2.55. The third-order valence-corrected chi connectivity index (χ3v) is 4.61. The van der Waals surface area contributed by atoms with Crippen LogP contribution in [0.4, 0.5) is 10.1 Å². The van der Waals surface area contributed by atoms with E-state index in [4.69, 9.17) is 5.11 Å². The van der Waals surface area contributed by atoms with Crippen molar-refractivity contribution in [2.45, 2.75) is 17.4 Å². The quantitative estimate of drug-likeness (QED) is 0.778. The van der Waals surface area contributed by atoms with Gasteiger partial charge in [-0.1, -0.05) is 0 Å². The van der Waals surface area contributed by atoms with Crippen LogP contribution in [0.3, 0.4) is 0 Å². The van der Waals surface area contributed by atoms with E-state index in [1.165, 1.54) is 12.1 Å². The summed E-state index contributed by atoms with van der Waals surface area (Å²) < 4.78 is 40.7. The van der Waals surface area contributed by atoms with Gasteiger partial charge in [0.05, 0.1) is 18.3 Å². The first kappa shape index (κ1) is 12.4. The standard InChI is InChI=1S/C11H12FN3O3S/c12-7-1-2-9-10(5-7)19(17,18)14-11(13-9)15-4-3-8(15)6-16/h1-2,5,8,16H,3-4,6H2,(H,13,14)/t8-/m1/s1. The summed E-state index contributed by atoms with van der Waals surface area (Å²) in [6.07, 6.45) is 0.785. The molecule has 19 heavy (non-hydrogen) atoms. The van der Waals surface area contributed by atoms with Crippen LogP contribution in [0, 0.1) is 5.82 Å². The van der Waals surface area contributed by atoms with Crippen molar-refractivity contribution in [2.75, 3.05) is 18.5 Å². The molecule has 0 saturated carbocycles. The van der Waals surface area contributed by atoms with E-state index in [1.807, 2.05) is 0 Å². The molecule has 0 aliphatic carbocycles. The van der Waals surface area contributed by atoms with Crippen molar-refractivity contribution in [1.29, 1.82) is 0 Å². The Balaban J connectivity index is 2.01. The van der Waals surface area contributed by atoms with E-state index in [1.54, 1.807) is 4.90 Å². The minimum Gasteiger partial charge on any atom is -0.394 e. The van der Waals surface area contributed by atoms with Gasteiger partial charge in [0, 0.05) is 6.54 Å². The molecular formula is C11H12FN3O3S. The fourth-order valence-electron chi connectivity index (χ4n) is 2.15. The van der Waals surface area contributed by atoms with Gasteiger partial charge in [0.25, 0.3) is 10.0 Å². The lowest BCUT2D eigenvalue weighted by molar-refractivity contribution is 0.105. The molecule has 2 aliphatic rings. The maximum absolute atomic E-state index is 13.1. The number of anilines is 1. The number of aliphatic hydroxyl groups is 1. The molecule has 0 unspecified atom stereocenters. The summed E-state index contributed by atoms with van der Waals surface area (Å²) in [5.74, 6) is -0.440. The third-order valence-electron chi connectivity index (χ3n) is 3.30. The molecule has 0 radical (unpaired) electrons.